The van der Waals surface area contributed by atoms with Crippen LogP contribution in [0.25, 0.3) is 43.6 Å². The zero-order chi connectivity index (χ0) is 18.1. The lowest BCUT2D eigenvalue weighted by molar-refractivity contribution is 1.08. The molecule has 27 heavy (non-hydrogen) atoms. The molecular formula is C23H15N3S. The Hall–Kier alpha value is -3.37. The fraction of sp³-hybridized carbons (Fsp3) is 0. The average Bonchev–Trinajstić information content (AvgIpc) is 3.19. The maximum absolute atomic E-state index is 4.78. The van der Waals surface area contributed by atoms with E-state index in [1.54, 1.807) is 11.3 Å². The van der Waals surface area contributed by atoms with Crippen molar-refractivity contribution in [2.24, 2.45) is 0 Å². The van der Waals surface area contributed by atoms with Gasteiger partial charge in [-0.25, -0.2) is 15.0 Å². The molecule has 0 radical (unpaired) electrons. The summed E-state index contributed by atoms with van der Waals surface area (Å²) in [5.74, 6) is 2.10. The number of fused-ring (bicyclic) bond motifs is 1. The van der Waals surface area contributed by atoms with Crippen LogP contribution >= 0.6 is 11.3 Å². The Bertz CT molecular complexity index is 1120. The summed E-state index contributed by atoms with van der Waals surface area (Å²) in [5.41, 5.74) is 1.97. The molecule has 3 aromatic carbocycles. The Balaban J connectivity index is 1.72. The Kier molecular flexibility index (Phi) is 3.96. The third-order valence-corrected chi connectivity index (χ3v) is 5.46. The van der Waals surface area contributed by atoms with Crippen LogP contribution in [-0.4, -0.2) is 15.0 Å². The van der Waals surface area contributed by atoms with Crippen LogP contribution in [0.2, 0.25) is 0 Å². The lowest BCUT2D eigenvalue weighted by Crippen LogP contribution is -1.99. The van der Waals surface area contributed by atoms with E-state index >= 15 is 0 Å². The Morgan fingerprint density at radius 3 is 1.63 bits per heavy atom. The molecule has 0 atom stereocenters. The smallest absolute Gasteiger partial charge is 0.174 e. The van der Waals surface area contributed by atoms with Gasteiger partial charge in [0.2, 0.25) is 0 Å². The molecule has 0 fully saturated rings. The normalized spacial score (nSPS) is 11.0. The predicted octanol–water partition coefficient (Wildman–Crippen LogP) is 6.09. The second kappa shape index (κ2) is 6.74. The third kappa shape index (κ3) is 3.11. The van der Waals surface area contributed by atoms with Crippen molar-refractivity contribution in [3.05, 3.63) is 91.0 Å². The zero-order valence-electron chi connectivity index (χ0n) is 14.4. The first-order valence-electron chi connectivity index (χ1n) is 8.73. The van der Waals surface area contributed by atoms with Crippen molar-refractivity contribution in [2.75, 3.05) is 0 Å². The molecule has 4 heteroatoms. The van der Waals surface area contributed by atoms with Gasteiger partial charge in [0.1, 0.15) is 0 Å². The van der Waals surface area contributed by atoms with Crippen molar-refractivity contribution in [1.82, 2.24) is 15.0 Å². The maximum Gasteiger partial charge on any atom is 0.174 e. The molecule has 128 valence electrons. The Morgan fingerprint density at radius 1 is 0.519 bits per heavy atom. The van der Waals surface area contributed by atoms with Gasteiger partial charge in [0, 0.05) is 15.8 Å². The SMILES string of the molecule is c1ccc(-c2nc(-c3ccccc3)nc(-c3cc4ccccc4s3)n2)cc1. The monoisotopic (exact) mass is 365 g/mol. The molecule has 2 aromatic heterocycles. The van der Waals surface area contributed by atoms with Crippen molar-refractivity contribution in [3.8, 4) is 33.5 Å². The fourth-order valence-electron chi connectivity index (χ4n) is 3.01. The minimum Gasteiger partial charge on any atom is -0.208 e. The van der Waals surface area contributed by atoms with E-state index in [1.165, 1.54) is 10.1 Å². The van der Waals surface area contributed by atoms with Gasteiger partial charge in [0.25, 0.3) is 0 Å². The van der Waals surface area contributed by atoms with Gasteiger partial charge in [-0.1, -0.05) is 78.9 Å². The minimum atomic E-state index is 0.692. The van der Waals surface area contributed by atoms with Crippen LogP contribution in [0.4, 0.5) is 0 Å². The number of hydrogen-bond donors (Lipinski definition) is 0. The molecule has 0 aliphatic heterocycles. The van der Waals surface area contributed by atoms with Crippen molar-refractivity contribution < 1.29 is 0 Å². The van der Waals surface area contributed by atoms with Gasteiger partial charge in [-0.05, 0) is 17.5 Å². The van der Waals surface area contributed by atoms with Crippen LogP contribution in [-0.2, 0) is 0 Å². The van der Waals surface area contributed by atoms with Crippen LogP contribution in [0.3, 0.4) is 0 Å². The molecule has 0 aliphatic rings. The molecule has 5 rings (SSSR count). The first-order chi connectivity index (χ1) is 13.4. The highest BCUT2D eigenvalue weighted by atomic mass is 32.1. The molecular weight excluding hydrogens is 350 g/mol. The number of aromatic nitrogens is 3. The number of rotatable bonds is 3. The summed E-state index contributed by atoms with van der Waals surface area (Å²) in [6.45, 7) is 0. The average molecular weight is 365 g/mol. The highest BCUT2D eigenvalue weighted by molar-refractivity contribution is 7.22. The van der Waals surface area contributed by atoms with E-state index in [2.05, 4.69) is 30.3 Å². The molecule has 3 nitrogen and oxygen atoms in total. The highest BCUT2D eigenvalue weighted by Gasteiger charge is 2.13. The van der Waals surface area contributed by atoms with Crippen LogP contribution in [0.15, 0.2) is 91.0 Å². The first kappa shape index (κ1) is 15.9. The van der Waals surface area contributed by atoms with Gasteiger partial charge in [0.15, 0.2) is 17.5 Å². The first-order valence-corrected chi connectivity index (χ1v) is 9.54. The molecule has 0 aliphatic carbocycles. The molecule has 0 amide bonds. The molecule has 0 unspecified atom stereocenters. The maximum atomic E-state index is 4.78. The summed E-state index contributed by atoms with van der Waals surface area (Å²) in [4.78, 5) is 15.4. The zero-order valence-corrected chi connectivity index (χ0v) is 15.2. The van der Waals surface area contributed by atoms with Gasteiger partial charge in [-0.15, -0.1) is 11.3 Å². The molecule has 2 heterocycles. The van der Waals surface area contributed by atoms with Gasteiger partial charge in [0.05, 0.1) is 4.88 Å². The Labute approximate surface area is 161 Å². The molecule has 5 aromatic rings. The number of benzene rings is 3. The van der Waals surface area contributed by atoms with E-state index in [0.717, 1.165) is 16.0 Å². The van der Waals surface area contributed by atoms with Crippen molar-refractivity contribution in [3.63, 3.8) is 0 Å². The highest BCUT2D eigenvalue weighted by Crippen LogP contribution is 2.33. The number of thiophene rings is 1. The summed E-state index contributed by atoms with van der Waals surface area (Å²) in [6.07, 6.45) is 0. The molecule has 0 spiro atoms. The van der Waals surface area contributed by atoms with Crippen molar-refractivity contribution >= 4 is 21.4 Å². The summed E-state index contributed by atoms with van der Waals surface area (Å²) >= 11 is 1.71. The van der Waals surface area contributed by atoms with Crippen LogP contribution in [0.1, 0.15) is 0 Å². The summed E-state index contributed by atoms with van der Waals surface area (Å²) in [5, 5.41) is 1.21. The van der Waals surface area contributed by atoms with Gasteiger partial charge in [-0.2, -0.15) is 0 Å². The van der Waals surface area contributed by atoms with Gasteiger partial charge >= 0.3 is 0 Å². The van der Waals surface area contributed by atoms with Crippen LogP contribution in [0, 0.1) is 0 Å². The van der Waals surface area contributed by atoms with E-state index in [0.29, 0.717) is 17.5 Å². The third-order valence-electron chi connectivity index (χ3n) is 4.35. The summed E-state index contributed by atoms with van der Waals surface area (Å²) < 4.78 is 1.23. The molecule has 0 N–H and O–H groups in total. The Morgan fingerprint density at radius 2 is 1.04 bits per heavy atom. The summed E-state index contributed by atoms with van der Waals surface area (Å²) in [6, 6.07) is 30.6. The van der Waals surface area contributed by atoms with E-state index in [1.807, 2.05) is 60.7 Å². The standard InChI is InChI=1S/C23H15N3S/c1-3-9-16(10-4-1)21-24-22(17-11-5-2-6-12-17)26-23(25-21)20-15-18-13-7-8-14-19(18)27-20/h1-15H. The van der Waals surface area contributed by atoms with E-state index in [9.17, 15) is 0 Å². The van der Waals surface area contributed by atoms with E-state index in [4.69, 9.17) is 15.0 Å². The summed E-state index contributed by atoms with van der Waals surface area (Å²) in [7, 11) is 0. The van der Waals surface area contributed by atoms with Crippen LogP contribution in [0.5, 0.6) is 0 Å². The lowest BCUT2D eigenvalue weighted by Gasteiger charge is -2.07. The predicted molar refractivity (Wildman–Crippen MR) is 112 cm³/mol. The lowest BCUT2D eigenvalue weighted by atomic mass is 10.2. The second-order valence-electron chi connectivity index (χ2n) is 6.19. The van der Waals surface area contributed by atoms with Crippen molar-refractivity contribution in [1.29, 1.82) is 0 Å². The van der Waals surface area contributed by atoms with E-state index in [-0.39, 0.29) is 0 Å². The molecule has 0 bridgehead atoms. The van der Waals surface area contributed by atoms with Crippen LogP contribution < -0.4 is 0 Å². The molecule has 0 saturated heterocycles. The van der Waals surface area contributed by atoms with E-state index < -0.39 is 0 Å². The fourth-order valence-corrected chi connectivity index (χ4v) is 4.01. The van der Waals surface area contributed by atoms with Crippen molar-refractivity contribution in [2.45, 2.75) is 0 Å². The minimum absolute atomic E-state index is 0.692. The quantitative estimate of drug-likeness (QED) is 0.388. The second-order valence-corrected chi connectivity index (χ2v) is 7.27. The topological polar surface area (TPSA) is 38.7 Å². The number of hydrogen-bond acceptors (Lipinski definition) is 4. The molecule has 0 saturated carbocycles. The largest absolute Gasteiger partial charge is 0.208 e. The van der Waals surface area contributed by atoms with Gasteiger partial charge < -0.3 is 0 Å². The number of nitrogens with zero attached hydrogens (tertiary/aromatic N) is 3. The van der Waals surface area contributed by atoms with Gasteiger partial charge in [-0.3, -0.25) is 0 Å².